The SMILES string of the molecule is CCCC(CNC(=O)c1ccc2c(c1)NC(=O)CO2)C(=O)O. The molecule has 0 saturated heterocycles. The van der Waals surface area contributed by atoms with Crippen LogP contribution < -0.4 is 15.4 Å². The molecule has 0 aliphatic carbocycles. The molecule has 118 valence electrons. The van der Waals surface area contributed by atoms with Crippen molar-refractivity contribution in [1.82, 2.24) is 5.32 Å². The molecule has 22 heavy (non-hydrogen) atoms. The first kappa shape index (κ1) is 15.8. The van der Waals surface area contributed by atoms with Crippen molar-refractivity contribution < 1.29 is 24.2 Å². The summed E-state index contributed by atoms with van der Waals surface area (Å²) in [6, 6.07) is 4.68. The summed E-state index contributed by atoms with van der Waals surface area (Å²) in [7, 11) is 0. The number of aliphatic carboxylic acids is 1. The Labute approximate surface area is 127 Å². The van der Waals surface area contributed by atoms with Gasteiger partial charge >= 0.3 is 5.97 Å². The smallest absolute Gasteiger partial charge is 0.308 e. The molecule has 0 radical (unpaired) electrons. The zero-order valence-corrected chi connectivity index (χ0v) is 12.2. The van der Waals surface area contributed by atoms with Gasteiger partial charge in [-0.05, 0) is 24.6 Å². The van der Waals surface area contributed by atoms with Gasteiger partial charge < -0.3 is 20.5 Å². The van der Waals surface area contributed by atoms with Crippen molar-refractivity contribution in [1.29, 1.82) is 0 Å². The minimum absolute atomic E-state index is 0.0458. The molecule has 1 aliphatic rings. The Hall–Kier alpha value is -2.57. The van der Waals surface area contributed by atoms with Crippen LogP contribution in [0.15, 0.2) is 18.2 Å². The molecular weight excluding hydrogens is 288 g/mol. The summed E-state index contributed by atoms with van der Waals surface area (Å²) in [5.74, 6) is -1.68. The highest BCUT2D eigenvalue weighted by Crippen LogP contribution is 2.28. The van der Waals surface area contributed by atoms with Gasteiger partial charge in [0.2, 0.25) is 0 Å². The number of anilines is 1. The molecule has 1 aromatic carbocycles. The first-order valence-corrected chi connectivity index (χ1v) is 7.09. The second-order valence-electron chi connectivity index (χ2n) is 5.08. The number of hydrogen-bond donors (Lipinski definition) is 3. The summed E-state index contributed by atoms with van der Waals surface area (Å²) in [4.78, 5) is 34.4. The molecule has 3 N–H and O–H groups in total. The highest BCUT2D eigenvalue weighted by molar-refractivity contribution is 5.99. The van der Waals surface area contributed by atoms with E-state index in [0.717, 1.165) is 6.42 Å². The van der Waals surface area contributed by atoms with Crippen molar-refractivity contribution in [2.24, 2.45) is 5.92 Å². The predicted molar refractivity (Wildman–Crippen MR) is 78.9 cm³/mol. The second kappa shape index (κ2) is 6.93. The highest BCUT2D eigenvalue weighted by atomic mass is 16.5. The number of hydrogen-bond acceptors (Lipinski definition) is 4. The third-order valence-electron chi connectivity index (χ3n) is 3.37. The monoisotopic (exact) mass is 306 g/mol. The molecule has 0 bridgehead atoms. The van der Waals surface area contributed by atoms with Crippen molar-refractivity contribution in [2.75, 3.05) is 18.5 Å². The molecule has 2 amide bonds. The Morgan fingerprint density at radius 3 is 2.91 bits per heavy atom. The zero-order valence-electron chi connectivity index (χ0n) is 12.2. The fourth-order valence-electron chi connectivity index (χ4n) is 2.20. The molecule has 0 spiro atoms. The molecular formula is C15H18N2O5. The molecule has 1 heterocycles. The average molecular weight is 306 g/mol. The van der Waals surface area contributed by atoms with E-state index in [9.17, 15) is 14.4 Å². The quantitative estimate of drug-likeness (QED) is 0.733. The third-order valence-corrected chi connectivity index (χ3v) is 3.37. The molecule has 0 fully saturated rings. The molecule has 7 heteroatoms. The second-order valence-corrected chi connectivity index (χ2v) is 5.08. The van der Waals surface area contributed by atoms with E-state index >= 15 is 0 Å². The van der Waals surface area contributed by atoms with Crippen LogP contribution >= 0.6 is 0 Å². The van der Waals surface area contributed by atoms with Crippen LogP contribution in [0.3, 0.4) is 0 Å². The van der Waals surface area contributed by atoms with E-state index in [4.69, 9.17) is 9.84 Å². The normalized spacial score (nSPS) is 14.3. The van der Waals surface area contributed by atoms with Crippen molar-refractivity contribution >= 4 is 23.5 Å². The number of carboxylic acids is 1. The number of carbonyl (C=O) groups excluding carboxylic acids is 2. The van der Waals surface area contributed by atoms with Gasteiger partial charge in [-0.2, -0.15) is 0 Å². The van der Waals surface area contributed by atoms with E-state index < -0.39 is 11.9 Å². The maximum absolute atomic E-state index is 12.1. The van der Waals surface area contributed by atoms with Gasteiger partial charge in [0, 0.05) is 12.1 Å². The van der Waals surface area contributed by atoms with E-state index in [1.807, 2.05) is 6.92 Å². The van der Waals surface area contributed by atoms with E-state index in [0.29, 0.717) is 23.4 Å². The van der Waals surface area contributed by atoms with Gasteiger partial charge in [-0.1, -0.05) is 13.3 Å². The molecule has 0 aromatic heterocycles. The van der Waals surface area contributed by atoms with E-state index in [1.165, 1.54) is 6.07 Å². The van der Waals surface area contributed by atoms with Gasteiger partial charge in [0.15, 0.2) is 6.61 Å². The molecule has 1 atom stereocenters. The Balaban J connectivity index is 2.02. The number of carbonyl (C=O) groups is 3. The van der Waals surface area contributed by atoms with Crippen LogP contribution in [0.1, 0.15) is 30.1 Å². The van der Waals surface area contributed by atoms with Gasteiger partial charge in [-0.15, -0.1) is 0 Å². The Bertz CT molecular complexity index is 600. The number of ether oxygens (including phenoxy) is 1. The summed E-state index contributed by atoms with van der Waals surface area (Å²) >= 11 is 0. The maximum Gasteiger partial charge on any atom is 0.308 e. The van der Waals surface area contributed by atoms with Crippen LogP contribution in [0.5, 0.6) is 5.75 Å². The van der Waals surface area contributed by atoms with Crippen LogP contribution in [0.4, 0.5) is 5.69 Å². The molecule has 1 aromatic rings. The van der Waals surface area contributed by atoms with Crippen LogP contribution in [-0.2, 0) is 9.59 Å². The Morgan fingerprint density at radius 1 is 1.45 bits per heavy atom. The van der Waals surface area contributed by atoms with E-state index in [-0.39, 0.29) is 25.0 Å². The lowest BCUT2D eigenvalue weighted by Crippen LogP contribution is -2.33. The number of carboxylic acid groups (broad SMARTS) is 1. The van der Waals surface area contributed by atoms with Crippen LogP contribution in [0, 0.1) is 5.92 Å². The van der Waals surface area contributed by atoms with E-state index in [1.54, 1.807) is 12.1 Å². The van der Waals surface area contributed by atoms with Crippen LogP contribution in [-0.4, -0.2) is 36.0 Å². The molecule has 1 aliphatic heterocycles. The molecule has 7 nitrogen and oxygen atoms in total. The number of benzene rings is 1. The fourth-order valence-corrected chi connectivity index (χ4v) is 2.20. The number of amides is 2. The Morgan fingerprint density at radius 2 is 2.23 bits per heavy atom. The Kier molecular flexibility index (Phi) is 4.98. The lowest BCUT2D eigenvalue weighted by molar-refractivity contribution is -0.141. The minimum atomic E-state index is -0.923. The van der Waals surface area contributed by atoms with Crippen molar-refractivity contribution in [3.63, 3.8) is 0 Å². The first-order chi connectivity index (χ1) is 10.5. The van der Waals surface area contributed by atoms with Crippen molar-refractivity contribution in [2.45, 2.75) is 19.8 Å². The van der Waals surface area contributed by atoms with Gasteiger partial charge in [0.05, 0.1) is 11.6 Å². The standard InChI is InChI=1S/C15H18N2O5/c1-2-3-10(15(20)21)7-16-14(19)9-4-5-12-11(6-9)17-13(18)8-22-12/h4-6,10H,2-3,7-8H2,1H3,(H,16,19)(H,17,18)(H,20,21). The van der Waals surface area contributed by atoms with Crippen molar-refractivity contribution in [3.8, 4) is 5.75 Å². The van der Waals surface area contributed by atoms with Crippen molar-refractivity contribution in [3.05, 3.63) is 23.8 Å². The largest absolute Gasteiger partial charge is 0.482 e. The summed E-state index contributed by atoms with van der Waals surface area (Å²) < 4.78 is 5.21. The van der Waals surface area contributed by atoms with Crippen LogP contribution in [0.25, 0.3) is 0 Å². The average Bonchev–Trinajstić information content (AvgIpc) is 2.50. The van der Waals surface area contributed by atoms with Gasteiger partial charge in [-0.3, -0.25) is 14.4 Å². The summed E-state index contributed by atoms with van der Waals surface area (Å²) in [5.41, 5.74) is 0.775. The fraction of sp³-hybridized carbons (Fsp3) is 0.400. The predicted octanol–water partition coefficient (Wildman–Crippen LogP) is 1.25. The molecule has 1 unspecified atom stereocenters. The number of rotatable bonds is 6. The number of fused-ring (bicyclic) bond motifs is 1. The first-order valence-electron chi connectivity index (χ1n) is 7.09. The summed E-state index contributed by atoms with van der Waals surface area (Å²) in [6.07, 6.45) is 1.23. The lowest BCUT2D eigenvalue weighted by Gasteiger charge is -2.18. The molecule has 0 saturated carbocycles. The molecule has 2 rings (SSSR count). The highest BCUT2D eigenvalue weighted by Gasteiger charge is 2.20. The zero-order chi connectivity index (χ0) is 16.1. The maximum atomic E-state index is 12.1. The van der Waals surface area contributed by atoms with Gasteiger partial charge in [-0.25, -0.2) is 0 Å². The lowest BCUT2D eigenvalue weighted by atomic mass is 10.0. The van der Waals surface area contributed by atoms with Crippen LogP contribution in [0.2, 0.25) is 0 Å². The summed E-state index contributed by atoms with van der Waals surface area (Å²) in [6.45, 7) is 1.92. The van der Waals surface area contributed by atoms with Gasteiger partial charge in [0.1, 0.15) is 5.75 Å². The van der Waals surface area contributed by atoms with Gasteiger partial charge in [0.25, 0.3) is 11.8 Å². The van der Waals surface area contributed by atoms with E-state index in [2.05, 4.69) is 10.6 Å². The minimum Gasteiger partial charge on any atom is -0.482 e. The summed E-state index contributed by atoms with van der Waals surface area (Å²) in [5, 5.41) is 14.3. The third kappa shape index (κ3) is 3.75. The number of nitrogens with one attached hydrogen (secondary N) is 2. The topological polar surface area (TPSA) is 105 Å².